The van der Waals surface area contributed by atoms with Gasteiger partial charge >= 0.3 is 0 Å². The number of carbonyl (C=O) groups is 1. The fraction of sp³-hybridized carbons (Fsp3) is 0.690. The monoisotopic (exact) mass is 538 g/mol. The van der Waals surface area contributed by atoms with Crippen LogP contribution in [0.2, 0.25) is 5.02 Å². The highest BCUT2D eigenvalue weighted by molar-refractivity contribution is 7.37. The summed E-state index contributed by atoms with van der Waals surface area (Å²) >= 11 is 5.78. The van der Waals surface area contributed by atoms with E-state index in [0.717, 1.165) is 32.4 Å². The van der Waals surface area contributed by atoms with Crippen molar-refractivity contribution >= 4 is 31.7 Å². The maximum Gasteiger partial charge on any atom is 0.143 e. The van der Waals surface area contributed by atoms with Crippen molar-refractivity contribution in [1.29, 1.82) is 0 Å². The first-order chi connectivity index (χ1) is 17.2. The Bertz CT molecular complexity index is 762. The van der Waals surface area contributed by atoms with Crippen LogP contribution < -0.4 is 16.4 Å². The Hall–Kier alpha value is -1.15. The number of rotatable bonds is 12. The first-order valence-electron chi connectivity index (χ1n) is 13.6. The molecule has 2 rings (SSSR count). The zero-order valence-corrected chi connectivity index (χ0v) is 25.4. The number of nitrogens with two attached hydrogens (primary N) is 1. The Morgan fingerprint density at radius 3 is 2.50 bits per heavy atom. The zero-order valence-electron chi connectivity index (χ0n) is 23.7. The van der Waals surface area contributed by atoms with E-state index in [4.69, 9.17) is 23.8 Å². The van der Waals surface area contributed by atoms with Crippen molar-refractivity contribution in [2.45, 2.75) is 79.7 Å². The van der Waals surface area contributed by atoms with Crippen LogP contribution in [0.4, 0.5) is 5.69 Å². The van der Waals surface area contributed by atoms with E-state index in [1.54, 1.807) is 13.0 Å². The van der Waals surface area contributed by atoms with Crippen LogP contribution in [0.15, 0.2) is 12.1 Å². The normalized spacial score (nSPS) is 14.5. The number of piperidine rings is 1. The number of anilines is 1. The maximum atomic E-state index is 10.3. The summed E-state index contributed by atoms with van der Waals surface area (Å²) in [4.78, 5) is 13.1. The number of hydrogen-bond donors (Lipinski definition) is 3. The minimum atomic E-state index is 0.218. The van der Waals surface area contributed by atoms with E-state index in [-0.39, 0.29) is 5.78 Å². The molecule has 0 spiro atoms. The van der Waals surface area contributed by atoms with Gasteiger partial charge in [-0.05, 0) is 95.5 Å². The zero-order chi connectivity index (χ0) is 27.3. The molecule has 1 aromatic carbocycles. The molecule has 0 aromatic heterocycles. The molecule has 0 bridgehead atoms. The third-order valence-corrected chi connectivity index (χ3v) is 7.56. The maximum absolute atomic E-state index is 10.3. The van der Waals surface area contributed by atoms with Gasteiger partial charge in [-0.1, -0.05) is 51.6 Å². The average molecular weight is 539 g/mol. The van der Waals surface area contributed by atoms with Crippen LogP contribution in [0.5, 0.6) is 0 Å². The molecule has 1 aliphatic rings. The van der Waals surface area contributed by atoms with Gasteiger partial charge in [-0.2, -0.15) is 0 Å². The molecule has 0 aliphatic carbocycles. The molecule has 0 amide bonds. The van der Waals surface area contributed by atoms with Crippen LogP contribution >= 0.6 is 20.2 Å². The molecule has 1 aromatic rings. The summed E-state index contributed by atoms with van der Waals surface area (Å²) in [7, 11) is 0.951. The van der Waals surface area contributed by atoms with Gasteiger partial charge in [0, 0.05) is 17.9 Å². The van der Waals surface area contributed by atoms with Crippen molar-refractivity contribution in [2.75, 3.05) is 50.9 Å². The van der Waals surface area contributed by atoms with Gasteiger partial charge in [-0.3, -0.25) is 4.79 Å². The molecule has 1 fully saturated rings. The lowest BCUT2D eigenvalue weighted by atomic mass is 10.0. The molecule has 7 heteroatoms. The number of terminal acetylenes is 1. The number of aryl methyl sites for hydroxylation is 1. The molecule has 1 heterocycles. The first kappa shape index (κ1) is 34.9. The van der Waals surface area contributed by atoms with Gasteiger partial charge in [0.15, 0.2) is 0 Å². The Labute approximate surface area is 228 Å². The second kappa shape index (κ2) is 21.9. The van der Waals surface area contributed by atoms with Crippen molar-refractivity contribution < 1.29 is 4.79 Å². The Balaban J connectivity index is 0.000000538. The van der Waals surface area contributed by atoms with Gasteiger partial charge in [-0.15, -0.1) is 15.0 Å². The number of halogens is 1. The standard InChI is InChI=1S/C14H30N2.C9H8ClN.C6H14NOP/c1-4-11-16(12-8-13(3)5-2)14-6-9-15-10-7-14;1-3-7-4-6(2)5-8(10)9(7)11;1-3-9-5-7-4-6(2)8/h13-15H,4-12H2,1-3H3;1,4-5H,11H2,2H3;7,9H,3-5H2,1-2H3. The van der Waals surface area contributed by atoms with E-state index in [1.165, 1.54) is 64.4 Å². The third-order valence-electron chi connectivity index (χ3n) is 6.25. The lowest BCUT2D eigenvalue weighted by molar-refractivity contribution is -0.116. The molecule has 2 unspecified atom stereocenters. The summed E-state index contributed by atoms with van der Waals surface area (Å²) in [5.74, 6) is 3.58. The summed E-state index contributed by atoms with van der Waals surface area (Å²) in [5, 5.41) is 7.04. The fourth-order valence-electron chi connectivity index (χ4n) is 3.85. The molecule has 0 radical (unpaired) electrons. The SMILES string of the molecule is C#Cc1cc(C)cc(Cl)c1N.CCCN(CCC(C)CC)C1CCNCC1.CCPCNCC(C)=O. The van der Waals surface area contributed by atoms with Crippen molar-refractivity contribution in [2.24, 2.45) is 5.92 Å². The number of nitrogens with one attached hydrogen (secondary N) is 2. The summed E-state index contributed by atoms with van der Waals surface area (Å²) in [5.41, 5.74) is 7.76. The fourth-order valence-corrected chi connectivity index (χ4v) is 4.68. The van der Waals surface area contributed by atoms with E-state index in [2.05, 4.69) is 49.1 Å². The lowest BCUT2D eigenvalue weighted by Crippen LogP contribution is -2.44. The number of Topliss-reactive ketones (excluding diaryl/α,β-unsaturated/α-hetero) is 1. The van der Waals surface area contributed by atoms with Crippen molar-refractivity contribution in [3.05, 3.63) is 28.3 Å². The second-order valence-electron chi connectivity index (χ2n) is 9.58. The van der Waals surface area contributed by atoms with Gasteiger partial charge in [-0.25, -0.2) is 0 Å². The molecule has 5 nitrogen and oxygen atoms in total. The lowest BCUT2D eigenvalue weighted by Gasteiger charge is -2.35. The summed E-state index contributed by atoms with van der Waals surface area (Å²) in [6, 6.07) is 4.48. The van der Waals surface area contributed by atoms with E-state index < -0.39 is 0 Å². The predicted molar refractivity (Wildman–Crippen MR) is 163 cm³/mol. The number of nitrogens with zero attached hydrogens (tertiary/aromatic N) is 1. The molecule has 36 heavy (non-hydrogen) atoms. The van der Waals surface area contributed by atoms with E-state index >= 15 is 0 Å². The highest BCUT2D eigenvalue weighted by Crippen LogP contribution is 2.23. The van der Waals surface area contributed by atoms with Crippen LogP contribution in [0, 0.1) is 25.2 Å². The van der Waals surface area contributed by atoms with E-state index in [9.17, 15) is 4.79 Å². The number of benzene rings is 1. The topological polar surface area (TPSA) is 70.4 Å². The molecule has 0 saturated carbocycles. The molecule has 1 aliphatic heterocycles. The first-order valence-corrected chi connectivity index (χ1v) is 15.4. The smallest absolute Gasteiger partial charge is 0.143 e. The van der Waals surface area contributed by atoms with Crippen molar-refractivity contribution in [3.63, 3.8) is 0 Å². The summed E-state index contributed by atoms with van der Waals surface area (Å²) in [6.07, 6.45) is 14.1. The third kappa shape index (κ3) is 16.6. The number of nitrogen functional groups attached to an aromatic ring is 1. The van der Waals surface area contributed by atoms with Crippen LogP contribution in [0.25, 0.3) is 0 Å². The Morgan fingerprint density at radius 2 is 1.97 bits per heavy atom. The van der Waals surface area contributed by atoms with Crippen LogP contribution in [0.1, 0.15) is 77.8 Å². The molecule has 1 saturated heterocycles. The van der Waals surface area contributed by atoms with E-state index in [1.807, 2.05) is 13.0 Å². The van der Waals surface area contributed by atoms with Gasteiger partial charge in [0.1, 0.15) is 5.78 Å². The van der Waals surface area contributed by atoms with Crippen molar-refractivity contribution in [3.8, 4) is 12.3 Å². The molecule has 4 N–H and O–H groups in total. The van der Waals surface area contributed by atoms with Crippen LogP contribution in [-0.4, -0.2) is 61.9 Å². The van der Waals surface area contributed by atoms with Gasteiger partial charge in [0.2, 0.25) is 0 Å². The Kier molecular flexibility index (Phi) is 21.2. The summed E-state index contributed by atoms with van der Waals surface area (Å²) in [6.45, 7) is 18.2. The number of carbonyl (C=O) groups excluding carboxylic acids is 1. The molecular formula is C29H52ClN4OP. The average Bonchev–Trinajstić information content (AvgIpc) is 2.87. The van der Waals surface area contributed by atoms with Crippen molar-refractivity contribution in [1.82, 2.24) is 15.5 Å². The summed E-state index contributed by atoms with van der Waals surface area (Å²) < 4.78 is 0. The molecular weight excluding hydrogens is 487 g/mol. The molecule has 2 atom stereocenters. The quantitative estimate of drug-likeness (QED) is 0.133. The largest absolute Gasteiger partial charge is 0.397 e. The predicted octanol–water partition coefficient (Wildman–Crippen LogP) is 5.92. The van der Waals surface area contributed by atoms with Gasteiger partial charge < -0.3 is 21.3 Å². The van der Waals surface area contributed by atoms with E-state index in [0.29, 0.717) is 22.8 Å². The minimum absolute atomic E-state index is 0.218. The highest BCUT2D eigenvalue weighted by Gasteiger charge is 2.20. The number of hydrogen-bond acceptors (Lipinski definition) is 5. The Morgan fingerprint density at radius 1 is 1.31 bits per heavy atom. The molecule has 206 valence electrons. The highest BCUT2D eigenvalue weighted by atomic mass is 35.5. The van der Waals surface area contributed by atoms with Crippen LogP contribution in [0.3, 0.4) is 0 Å². The van der Waals surface area contributed by atoms with Crippen LogP contribution in [-0.2, 0) is 4.79 Å². The minimum Gasteiger partial charge on any atom is -0.397 e. The second-order valence-corrected chi connectivity index (χ2v) is 11.5. The van der Waals surface area contributed by atoms with Gasteiger partial charge in [0.25, 0.3) is 0 Å². The number of ketones is 1. The van der Waals surface area contributed by atoms with Gasteiger partial charge in [0.05, 0.1) is 17.3 Å².